The van der Waals surface area contributed by atoms with Crippen molar-refractivity contribution in [3.05, 3.63) is 41.0 Å². The van der Waals surface area contributed by atoms with Crippen LogP contribution in [0.4, 0.5) is 5.69 Å². The van der Waals surface area contributed by atoms with E-state index in [0.29, 0.717) is 0 Å². The Labute approximate surface area is 118 Å². The lowest BCUT2D eigenvalue weighted by Crippen LogP contribution is -2.11. The van der Waals surface area contributed by atoms with E-state index in [-0.39, 0.29) is 0 Å². The first kappa shape index (κ1) is 12.7. The third-order valence-electron chi connectivity index (χ3n) is 3.95. The number of aromatic nitrogens is 1. The van der Waals surface area contributed by atoms with Gasteiger partial charge in [0.2, 0.25) is 0 Å². The normalized spacial score (nSPS) is 11.2. The lowest BCUT2D eigenvalue weighted by Gasteiger charge is -2.15. The number of hydrogen-bond donors (Lipinski definition) is 1. The van der Waals surface area contributed by atoms with Crippen molar-refractivity contribution in [2.45, 2.75) is 13.8 Å². The number of aromatic amines is 1. The maximum atomic E-state index is 11.6. The van der Waals surface area contributed by atoms with Crippen molar-refractivity contribution in [2.75, 3.05) is 19.0 Å². The van der Waals surface area contributed by atoms with Crippen LogP contribution in [0.3, 0.4) is 0 Å². The zero-order chi connectivity index (χ0) is 14.4. The summed E-state index contributed by atoms with van der Waals surface area (Å²) in [7, 11) is 3.92. The number of nitrogens with zero attached hydrogens (tertiary/aromatic N) is 1. The lowest BCUT2D eigenvalue weighted by molar-refractivity contribution is 0.112. The van der Waals surface area contributed by atoms with Gasteiger partial charge in [0.15, 0.2) is 6.29 Å². The zero-order valence-corrected chi connectivity index (χ0v) is 12.2. The van der Waals surface area contributed by atoms with E-state index in [1.807, 2.05) is 25.1 Å². The van der Waals surface area contributed by atoms with Crippen LogP contribution in [-0.4, -0.2) is 25.4 Å². The average molecular weight is 266 g/mol. The first-order valence-electron chi connectivity index (χ1n) is 6.71. The minimum Gasteiger partial charge on any atom is -0.377 e. The Morgan fingerprint density at radius 1 is 1.00 bits per heavy atom. The maximum absolute atomic E-state index is 11.6. The van der Waals surface area contributed by atoms with E-state index in [4.69, 9.17) is 0 Å². The number of rotatable bonds is 2. The molecule has 1 heterocycles. The van der Waals surface area contributed by atoms with E-state index >= 15 is 0 Å². The highest BCUT2D eigenvalue weighted by atomic mass is 16.1. The molecule has 3 rings (SSSR count). The lowest BCUT2D eigenvalue weighted by atomic mass is 10.0. The van der Waals surface area contributed by atoms with Crippen LogP contribution < -0.4 is 4.90 Å². The summed E-state index contributed by atoms with van der Waals surface area (Å²) in [6.45, 7) is 4.18. The van der Waals surface area contributed by atoms with Crippen LogP contribution in [-0.2, 0) is 0 Å². The van der Waals surface area contributed by atoms with E-state index in [1.165, 1.54) is 11.1 Å². The highest BCUT2D eigenvalue weighted by Gasteiger charge is 2.15. The molecular formula is C17H18N2O. The maximum Gasteiger partial charge on any atom is 0.152 e. The predicted molar refractivity (Wildman–Crippen MR) is 85.0 cm³/mol. The van der Waals surface area contributed by atoms with Crippen LogP contribution in [0.25, 0.3) is 21.8 Å². The second-order valence-corrected chi connectivity index (χ2v) is 5.51. The first-order valence-corrected chi connectivity index (χ1v) is 6.71. The van der Waals surface area contributed by atoms with Crippen molar-refractivity contribution in [1.82, 2.24) is 4.98 Å². The molecule has 0 aliphatic rings. The van der Waals surface area contributed by atoms with Crippen LogP contribution in [0.2, 0.25) is 0 Å². The van der Waals surface area contributed by atoms with Crippen molar-refractivity contribution in [1.29, 1.82) is 0 Å². The highest BCUT2D eigenvalue weighted by molar-refractivity contribution is 6.18. The third kappa shape index (κ3) is 1.63. The summed E-state index contributed by atoms with van der Waals surface area (Å²) in [5.74, 6) is 0. The molecule has 3 nitrogen and oxygen atoms in total. The molecule has 3 aromatic rings. The summed E-state index contributed by atoms with van der Waals surface area (Å²) in [5, 5.41) is 2.19. The Hall–Kier alpha value is -2.29. The molecule has 0 saturated heterocycles. The molecule has 0 saturated carbocycles. The number of carbonyl (C=O) groups is 1. The Morgan fingerprint density at radius 2 is 1.70 bits per heavy atom. The van der Waals surface area contributed by atoms with E-state index in [2.05, 4.69) is 37.0 Å². The number of anilines is 1. The summed E-state index contributed by atoms with van der Waals surface area (Å²) < 4.78 is 0. The van der Waals surface area contributed by atoms with Gasteiger partial charge in [0.25, 0.3) is 0 Å². The molecule has 0 radical (unpaired) electrons. The monoisotopic (exact) mass is 266 g/mol. The predicted octanol–water partition coefficient (Wildman–Crippen LogP) is 3.82. The average Bonchev–Trinajstić information content (AvgIpc) is 2.82. The number of benzene rings is 2. The van der Waals surface area contributed by atoms with Crippen LogP contribution in [0.5, 0.6) is 0 Å². The number of nitrogens with one attached hydrogen (secondary N) is 1. The van der Waals surface area contributed by atoms with Gasteiger partial charge >= 0.3 is 0 Å². The van der Waals surface area contributed by atoms with Gasteiger partial charge in [-0.2, -0.15) is 0 Å². The standard InChI is InChI=1S/C17H18N2O/c1-10-5-6-11(2)17-15(10)16-12(9-20)14(19(3)4)8-7-13(16)18-17/h5-9,18H,1-4H3. The highest BCUT2D eigenvalue weighted by Crippen LogP contribution is 2.35. The number of hydrogen-bond acceptors (Lipinski definition) is 2. The molecule has 2 aromatic carbocycles. The summed E-state index contributed by atoms with van der Waals surface area (Å²) in [6, 6.07) is 8.27. The molecule has 1 N–H and O–H groups in total. The van der Waals surface area contributed by atoms with Gasteiger partial charge in [-0.05, 0) is 37.1 Å². The SMILES string of the molecule is Cc1ccc(C)c2c1[nH]c1ccc(N(C)C)c(C=O)c12. The Kier molecular flexibility index (Phi) is 2.78. The van der Waals surface area contributed by atoms with Crippen molar-refractivity contribution >= 4 is 33.8 Å². The first-order chi connectivity index (χ1) is 9.54. The summed E-state index contributed by atoms with van der Waals surface area (Å²) in [5.41, 5.74) is 6.24. The summed E-state index contributed by atoms with van der Waals surface area (Å²) >= 11 is 0. The van der Waals surface area contributed by atoms with Gasteiger partial charge in [0.05, 0.1) is 0 Å². The summed E-state index contributed by atoms with van der Waals surface area (Å²) in [6.07, 6.45) is 0.965. The van der Waals surface area contributed by atoms with Gasteiger partial charge in [-0.1, -0.05) is 12.1 Å². The topological polar surface area (TPSA) is 36.1 Å². The molecule has 1 aromatic heterocycles. The molecule has 3 heteroatoms. The molecular weight excluding hydrogens is 248 g/mol. The van der Waals surface area contributed by atoms with E-state index < -0.39 is 0 Å². The molecule has 102 valence electrons. The number of H-pyrrole nitrogens is 1. The minimum atomic E-state index is 0.757. The Balaban J connectivity index is 2.59. The fraction of sp³-hybridized carbons (Fsp3) is 0.235. The number of fused-ring (bicyclic) bond motifs is 3. The van der Waals surface area contributed by atoms with E-state index in [0.717, 1.165) is 39.3 Å². The van der Waals surface area contributed by atoms with Crippen molar-refractivity contribution < 1.29 is 4.79 Å². The van der Waals surface area contributed by atoms with Crippen molar-refractivity contribution in [3.8, 4) is 0 Å². The molecule has 0 unspecified atom stereocenters. The Morgan fingerprint density at radius 3 is 2.35 bits per heavy atom. The van der Waals surface area contributed by atoms with Gasteiger partial charge in [-0.25, -0.2) is 0 Å². The molecule has 0 aliphatic heterocycles. The minimum absolute atomic E-state index is 0.757. The molecule has 20 heavy (non-hydrogen) atoms. The molecule has 0 spiro atoms. The number of carbonyl (C=O) groups excluding carboxylic acids is 1. The Bertz CT molecular complexity index is 828. The largest absolute Gasteiger partial charge is 0.377 e. The zero-order valence-electron chi connectivity index (χ0n) is 12.2. The molecule has 0 aliphatic carbocycles. The van der Waals surface area contributed by atoms with Crippen molar-refractivity contribution in [3.63, 3.8) is 0 Å². The quantitative estimate of drug-likeness (QED) is 0.716. The van der Waals surface area contributed by atoms with Crippen LogP contribution >= 0.6 is 0 Å². The third-order valence-corrected chi connectivity index (χ3v) is 3.95. The second kappa shape index (κ2) is 4.37. The molecule has 0 amide bonds. The van der Waals surface area contributed by atoms with Crippen molar-refractivity contribution in [2.24, 2.45) is 0 Å². The second-order valence-electron chi connectivity index (χ2n) is 5.51. The fourth-order valence-electron chi connectivity index (χ4n) is 2.92. The van der Waals surface area contributed by atoms with Gasteiger partial charge in [-0.15, -0.1) is 0 Å². The summed E-state index contributed by atoms with van der Waals surface area (Å²) in [4.78, 5) is 17.1. The smallest absolute Gasteiger partial charge is 0.152 e. The molecule has 0 bridgehead atoms. The van der Waals surface area contributed by atoms with Crippen LogP contribution in [0, 0.1) is 13.8 Å². The van der Waals surface area contributed by atoms with Gasteiger partial charge in [0, 0.05) is 47.2 Å². The van der Waals surface area contributed by atoms with Crippen LogP contribution in [0.1, 0.15) is 21.5 Å². The van der Waals surface area contributed by atoms with E-state index in [1.54, 1.807) is 0 Å². The fourth-order valence-corrected chi connectivity index (χ4v) is 2.92. The number of aldehydes is 1. The van der Waals surface area contributed by atoms with Crippen LogP contribution in [0.15, 0.2) is 24.3 Å². The van der Waals surface area contributed by atoms with Gasteiger partial charge < -0.3 is 9.88 Å². The molecule has 0 fully saturated rings. The van der Waals surface area contributed by atoms with Gasteiger partial charge in [-0.3, -0.25) is 4.79 Å². The molecule has 0 atom stereocenters. The van der Waals surface area contributed by atoms with Gasteiger partial charge in [0.1, 0.15) is 0 Å². The number of aryl methyl sites for hydroxylation is 2. The van der Waals surface area contributed by atoms with E-state index in [9.17, 15) is 4.79 Å².